The minimum Gasteiger partial charge on any atom is -0.481 e. The summed E-state index contributed by atoms with van der Waals surface area (Å²) in [5.74, 6) is -0.358. The molecule has 1 aliphatic rings. The van der Waals surface area contributed by atoms with Crippen molar-refractivity contribution < 1.29 is 15.0 Å². The first-order chi connectivity index (χ1) is 8.16. The van der Waals surface area contributed by atoms with Gasteiger partial charge in [0.05, 0.1) is 6.10 Å². The van der Waals surface area contributed by atoms with E-state index < -0.39 is 5.97 Å². The van der Waals surface area contributed by atoms with Gasteiger partial charge in [0, 0.05) is 6.42 Å². The van der Waals surface area contributed by atoms with Crippen molar-refractivity contribution in [3.05, 3.63) is 35.4 Å². The molecule has 0 spiro atoms. The molecule has 0 heterocycles. The van der Waals surface area contributed by atoms with E-state index in [0.29, 0.717) is 12.3 Å². The van der Waals surface area contributed by atoms with Crippen LogP contribution in [0.5, 0.6) is 0 Å². The summed E-state index contributed by atoms with van der Waals surface area (Å²) in [6.45, 7) is 0. The number of carboxylic acids is 1. The fourth-order valence-corrected chi connectivity index (χ4v) is 2.16. The van der Waals surface area contributed by atoms with E-state index in [-0.39, 0.29) is 12.5 Å². The number of aliphatic carboxylic acids is 1. The highest BCUT2D eigenvalue weighted by Gasteiger charge is 2.26. The Labute approximate surface area is 101 Å². The first kappa shape index (κ1) is 12.1. The van der Waals surface area contributed by atoms with E-state index in [9.17, 15) is 9.90 Å². The topological polar surface area (TPSA) is 57.5 Å². The van der Waals surface area contributed by atoms with Crippen LogP contribution in [-0.4, -0.2) is 16.2 Å². The smallest absolute Gasteiger partial charge is 0.303 e. The van der Waals surface area contributed by atoms with E-state index >= 15 is 0 Å². The summed E-state index contributed by atoms with van der Waals surface area (Å²) in [5.41, 5.74) is 1.96. The Kier molecular flexibility index (Phi) is 3.79. The third-order valence-electron chi connectivity index (χ3n) is 3.55. The van der Waals surface area contributed by atoms with Crippen LogP contribution < -0.4 is 0 Å². The largest absolute Gasteiger partial charge is 0.481 e. The van der Waals surface area contributed by atoms with Crippen LogP contribution in [0, 0.1) is 5.92 Å². The quantitative estimate of drug-likeness (QED) is 0.823. The van der Waals surface area contributed by atoms with Gasteiger partial charge in [0.15, 0.2) is 0 Å². The lowest BCUT2D eigenvalue weighted by Gasteiger charge is -2.30. The van der Waals surface area contributed by atoms with Gasteiger partial charge >= 0.3 is 5.97 Å². The number of hydrogen-bond acceptors (Lipinski definition) is 2. The van der Waals surface area contributed by atoms with E-state index in [1.807, 2.05) is 24.3 Å². The van der Waals surface area contributed by atoms with Crippen molar-refractivity contribution in [3.8, 4) is 0 Å². The zero-order valence-corrected chi connectivity index (χ0v) is 9.80. The van der Waals surface area contributed by atoms with Gasteiger partial charge in [0.1, 0.15) is 0 Å². The zero-order chi connectivity index (χ0) is 12.3. The Morgan fingerprint density at radius 1 is 1.29 bits per heavy atom. The molecule has 1 saturated carbocycles. The molecule has 2 N–H and O–H groups in total. The zero-order valence-electron chi connectivity index (χ0n) is 9.80. The SMILES string of the molecule is O=C(O)CCc1ccc(C(O)C2CCC2)cc1. The van der Waals surface area contributed by atoms with Crippen molar-refractivity contribution >= 4 is 5.97 Å². The second-order valence-electron chi connectivity index (χ2n) is 4.77. The molecule has 0 radical (unpaired) electrons. The molecule has 17 heavy (non-hydrogen) atoms. The van der Waals surface area contributed by atoms with Gasteiger partial charge in [-0.2, -0.15) is 0 Å². The molecule has 1 aromatic carbocycles. The number of hydrogen-bond donors (Lipinski definition) is 2. The highest BCUT2D eigenvalue weighted by atomic mass is 16.4. The lowest BCUT2D eigenvalue weighted by atomic mass is 9.79. The standard InChI is InChI=1S/C14H18O3/c15-13(16)9-6-10-4-7-12(8-5-10)14(17)11-2-1-3-11/h4-5,7-8,11,14,17H,1-3,6,9H2,(H,15,16). The molecule has 0 saturated heterocycles. The second kappa shape index (κ2) is 5.32. The number of benzene rings is 1. The van der Waals surface area contributed by atoms with Gasteiger partial charge in [-0.3, -0.25) is 4.79 Å². The maximum Gasteiger partial charge on any atom is 0.303 e. The fourth-order valence-electron chi connectivity index (χ4n) is 2.16. The number of carboxylic acid groups (broad SMARTS) is 1. The monoisotopic (exact) mass is 234 g/mol. The minimum atomic E-state index is -0.774. The number of aliphatic hydroxyl groups excluding tert-OH is 1. The van der Waals surface area contributed by atoms with E-state index in [1.54, 1.807) is 0 Å². The molecular weight excluding hydrogens is 216 g/mol. The van der Waals surface area contributed by atoms with Gasteiger partial charge in [-0.1, -0.05) is 30.7 Å². The van der Waals surface area contributed by atoms with E-state index in [2.05, 4.69) is 0 Å². The molecule has 1 aromatic rings. The molecule has 0 aromatic heterocycles. The summed E-state index contributed by atoms with van der Waals surface area (Å²) in [6.07, 6.45) is 3.80. The Morgan fingerprint density at radius 3 is 2.41 bits per heavy atom. The third kappa shape index (κ3) is 3.07. The number of carbonyl (C=O) groups is 1. The van der Waals surface area contributed by atoms with Crippen LogP contribution in [0.1, 0.15) is 42.9 Å². The van der Waals surface area contributed by atoms with Crippen molar-refractivity contribution in [1.82, 2.24) is 0 Å². The summed E-state index contributed by atoms with van der Waals surface area (Å²) in [6, 6.07) is 7.67. The lowest BCUT2D eigenvalue weighted by Crippen LogP contribution is -2.19. The van der Waals surface area contributed by atoms with E-state index in [0.717, 1.165) is 24.0 Å². The Balaban J connectivity index is 1.94. The molecule has 0 amide bonds. The molecule has 1 unspecified atom stereocenters. The van der Waals surface area contributed by atoms with Gasteiger partial charge in [-0.05, 0) is 36.3 Å². The average molecular weight is 234 g/mol. The maximum atomic E-state index is 10.4. The van der Waals surface area contributed by atoms with Crippen molar-refractivity contribution in [2.24, 2.45) is 5.92 Å². The first-order valence-electron chi connectivity index (χ1n) is 6.15. The number of rotatable bonds is 5. The summed E-state index contributed by atoms with van der Waals surface area (Å²) in [7, 11) is 0. The number of aliphatic hydroxyl groups is 1. The normalized spacial score (nSPS) is 17.5. The summed E-state index contributed by atoms with van der Waals surface area (Å²) in [5, 5.41) is 18.6. The second-order valence-corrected chi connectivity index (χ2v) is 4.77. The van der Waals surface area contributed by atoms with Crippen LogP contribution in [0.25, 0.3) is 0 Å². The highest BCUT2D eigenvalue weighted by molar-refractivity contribution is 5.67. The van der Waals surface area contributed by atoms with Crippen molar-refractivity contribution in [2.45, 2.75) is 38.2 Å². The molecule has 1 atom stereocenters. The van der Waals surface area contributed by atoms with E-state index in [4.69, 9.17) is 5.11 Å². The first-order valence-corrected chi connectivity index (χ1v) is 6.15. The predicted molar refractivity (Wildman–Crippen MR) is 64.7 cm³/mol. The fraction of sp³-hybridized carbons (Fsp3) is 0.500. The Morgan fingerprint density at radius 2 is 1.94 bits per heavy atom. The lowest BCUT2D eigenvalue weighted by molar-refractivity contribution is -0.136. The van der Waals surface area contributed by atoms with Crippen molar-refractivity contribution in [1.29, 1.82) is 0 Å². The van der Waals surface area contributed by atoms with Gasteiger partial charge in [0.2, 0.25) is 0 Å². The highest BCUT2D eigenvalue weighted by Crippen LogP contribution is 2.37. The molecule has 3 heteroatoms. The van der Waals surface area contributed by atoms with Crippen LogP contribution in [-0.2, 0) is 11.2 Å². The molecular formula is C14H18O3. The van der Waals surface area contributed by atoms with E-state index in [1.165, 1.54) is 6.42 Å². The average Bonchev–Trinajstić information content (AvgIpc) is 2.24. The maximum absolute atomic E-state index is 10.4. The third-order valence-corrected chi connectivity index (χ3v) is 3.55. The summed E-state index contributed by atoms with van der Waals surface area (Å²) >= 11 is 0. The van der Waals surface area contributed by atoms with Crippen molar-refractivity contribution in [2.75, 3.05) is 0 Å². The molecule has 1 fully saturated rings. The van der Waals surface area contributed by atoms with Crippen LogP contribution in [0.4, 0.5) is 0 Å². The summed E-state index contributed by atoms with van der Waals surface area (Å²) < 4.78 is 0. The minimum absolute atomic E-state index is 0.157. The number of aryl methyl sites for hydroxylation is 1. The summed E-state index contributed by atoms with van der Waals surface area (Å²) in [4.78, 5) is 10.4. The van der Waals surface area contributed by atoms with Crippen LogP contribution in [0.3, 0.4) is 0 Å². The van der Waals surface area contributed by atoms with Gasteiger partial charge < -0.3 is 10.2 Å². The van der Waals surface area contributed by atoms with Gasteiger partial charge in [0.25, 0.3) is 0 Å². The van der Waals surface area contributed by atoms with Crippen molar-refractivity contribution in [3.63, 3.8) is 0 Å². The molecule has 0 aliphatic heterocycles. The van der Waals surface area contributed by atoms with Crippen LogP contribution >= 0.6 is 0 Å². The predicted octanol–water partition coefficient (Wildman–Crippen LogP) is 2.54. The molecule has 1 aliphatic carbocycles. The van der Waals surface area contributed by atoms with Crippen LogP contribution in [0.15, 0.2) is 24.3 Å². The molecule has 2 rings (SSSR count). The Bertz CT molecular complexity index is 379. The van der Waals surface area contributed by atoms with Gasteiger partial charge in [-0.15, -0.1) is 0 Å². The van der Waals surface area contributed by atoms with Crippen LogP contribution in [0.2, 0.25) is 0 Å². The molecule has 3 nitrogen and oxygen atoms in total. The van der Waals surface area contributed by atoms with Gasteiger partial charge in [-0.25, -0.2) is 0 Å². The molecule has 92 valence electrons. The Hall–Kier alpha value is -1.35. The molecule has 0 bridgehead atoms.